The van der Waals surface area contributed by atoms with E-state index in [-0.39, 0.29) is 18.1 Å². The van der Waals surface area contributed by atoms with Gasteiger partial charge in [-0.1, -0.05) is 24.3 Å². The number of aromatic nitrogens is 2. The molecule has 3 aromatic rings. The van der Waals surface area contributed by atoms with Gasteiger partial charge in [0.05, 0.1) is 23.2 Å². The van der Waals surface area contributed by atoms with Crippen molar-refractivity contribution in [3.05, 3.63) is 65.0 Å². The molecule has 4 rings (SSSR count). The van der Waals surface area contributed by atoms with E-state index in [1.165, 1.54) is 0 Å². The van der Waals surface area contributed by atoms with Crippen molar-refractivity contribution in [2.24, 2.45) is 0 Å². The van der Waals surface area contributed by atoms with Crippen molar-refractivity contribution in [1.82, 2.24) is 20.2 Å². The summed E-state index contributed by atoms with van der Waals surface area (Å²) in [4.78, 5) is 21.4. The summed E-state index contributed by atoms with van der Waals surface area (Å²) in [5.41, 5.74) is 3.43. The van der Waals surface area contributed by atoms with Crippen LogP contribution in [0.25, 0.3) is 11.0 Å². The molecule has 0 radical (unpaired) electrons. The Labute approximate surface area is 179 Å². The fourth-order valence-electron chi connectivity index (χ4n) is 4.09. The van der Waals surface area contributed by atoms with Gasteiger partial charge in [-0.2, -0.15) is 0 Å². The highest BCUT2D eigenvalue weighted by Gasteiger charge is 2.22. The molecule has 1 amide bonds. The van der Waals surface area contributed by atoms with Gasteiger partial charge in [0, 0.05) is 31.7 Å². The zero-order chi connectivity index (χ0) is 22.0. The third kappa shape index (κ3) is 5.08. The number of H-pyrrole nitrogens is 1. The number of nitrogens with one attached hydrogen (secondary N) is 2. The molecule has 31 heavy (non-hydrogen) atoms. The zero-order valence-electron chi connectivity index (χ0n) is 17.6. The van der Waals surface area contributed by atoms with Crippen molar-refractivity contribution >= 4 is 16.9 Å². The maximum absolute atomic E-state index is 12.8. The van der Waals surface area contributed by atoms with Crippen molar-refractivity contribution in [1.29, 1.82) is 0 Å². The fourth-order valence-corrected chi connectivity index (χ4v) is 4.09. The van der Waals surface area contributed by atoms with Gasteiger partial charge in [-0.25, -0.2) is 13.8 Å². The molecule has 0 bridgehead atoms. The number of aromatic amines is 1. The van der Waals surface area contributed by atoms with Gasteiger partial charge < -0.3 is 15.0 Å². The van der Waals surface area contributed by atoms with Crippen LogP contribution in [0, 0.1) is 0 Å². The van der Waals surface area contributed by atoms with Gasteiger partial charge in [0.15, 0.2) is 5.82 Å². The summed E-state index contributed by atoms with van der Waals surface area (Å²) in [6.07, 6.45) is -2.30. The first-order valence-corrected chi connectivity index (χ1v) is 10.4. The molecule has 0 saturated carbocycles. The Bertz CT molecular complexity index is 1060. The molecule has 8 heteroatoms. The van der Waals surface area contributed by atoms with Crippen LogP contribution in [-0.4, -0.2) is 46.1 Å². The van der Waals surface area contributed by atoms with E-state index < -0.39 is 12.2 Å². The summed E-state index contributed by atoms with van der Waals surface area (Å²) in [7, 11) is 0. The molecular formula is C23H26F2N4O2. The Morgan fingerprint density at radius 1 is 1.19 bits per heavy atom. The van der Waals surface area contributed by atoms with Crippen LogP contribution in [0.15, 0.2) is 42.5 Å². The van der Waals surface area contributed by atoms with Crippen LogP contribution in [0.1, 0.15) is 47.6 Å². The number of imidazole rings is 1. The second-order valence-electron chi connectivity index (χ2n) is 8.06. The molecule has 1 fully saturated rings. The van der Waals surface area contributed by atoms with Gasteiger partial charge in [0.25, 0.3) is 12.3 Å². The highest BCUT2D eigenvalue weighted by molar-refractivity contribution is 5.97. The lowest BCUT2D eigenvalue weighted by atomic mass is 10.1. The minimum absolute atomic E-state index is 0.193. The summed E-state index contributed by atoms with van der Waals surface area (Å²) < 4.78 is 31.5. The number of halogens is 2. The van der Waals surface area contributed by atoms with Crippen molar-refractivity contribution in [2.75, 3.05) is 13.1 Å². The summed E-state index contributed by atoms with van der Waals surface area (Å²) >= 11 is 0. The predicted molar refractivity (Wildman–Crippen MR) is 114 cm³/mol. The number of benzene rings is 2. The number of hydrogen-bond acceptors (Lipinski definition) is 4. The Balaban J connectivity index is 1.43. The van der Waals surface area contributed by atoms with E-state index in [1.54, 1.807) is 18.2 Å². The lowest BCUT2D eigenvalue weighted by Gasteiger charge is -2.35. The normalized spacial score (nSPS) is 19.8. The molecule has 1 saturated heterocycles. The van der Waals surface area contributed by atoms with Crippen LogP contribution in [0.3, 0.4) is 0 Å². The summed E-state index contributed by atoms with van der Waals surface area (Å²) in [5.74, 6) is -0.660. The summed E-state index contributed by atoms with van der Waals surface area (Å²) in [5, 5.41) is 2.94. The Morgan fingerprint density at radius 3 is 2.61 bits per heavy atom. The highest BCUT2D eigenvalue weighted by atomic mass is 19.3. The number of hydrogen-bond donors (Lipinski definition) is 2. The van der Waals surface area contributed by atoms with Crippen molar-refractivity contribution in [2.45, 2.75) is 45.6 Å². The molecule has 2 atom stereocenters. The van der Waals surface area contributed by atoms with Crippen LogP contribution >= 0.6 is 0 Å². The third-order valence-corrected chi connectivity index (χ3v) is 5.42. The Kier molecular flexibility index (Phi) is 6.29. The second-order valence-corrected chi connectivity index (χ2v) is 8.06. The van der Waals surface area contributed by atoms with E-state index in [1.807, 2.05) is 18.2 Å². The molecule has 2 unspecified atom stereocenters. The van der Waals surface area contributed by atoms with E-state index in [2.05, 4.69) is 40.1 Å². The van der Waals surface area contributed by atoms with Gasteiger partial charge in [-0.05, 0) is 43.2 Å². The van der Waals surface area contributed by atoms with Gasteiger partial charge in [-0.15, -0.1) is 0 Å². The molecule has 0 spiro atoms. The first-order valence-electron chi connectivity index (χ1n) is 10.4. The van der Waals surface area contributed by atoms with Gasteiger partial charge in [0.1, 0.15) is 0 Å². The molecular weight excluding hydrogens is 402 g/mol. The number of ether oxygens (including phenoxy) is 1. The number of morpholine rings is 1. The summed E-state index contributed by atoms with van der Waals surface area (Å²) in [6, 6.07) is 12.8. The minimum atomic E-state index is -2.68. The van der Waals surface area contributed by atoms with Gasteiger partial charge >= 0.3 is 0 Å². The minimum Gasteiger partial charge on any atom is -0.373 e. The van der Waals surface area contributed by atoms with Crippen LogP contribution < -0.4 is 5.32 Å². The first kappa shape index (κ1) is 21.4. The average Bonchev–Trinajstić information content (AvgIpc) is 3.16. The monoisotopic (exact) mass is 428 g/mol. The largest absolute Gasteiger partial charge is 0.373 e. The van der Waals surface area contributed by atoms with E-state index in [0.717, 1.165) is 30.8 Å². The molecule has 1 aliphatic rings. The lowest BCUT2D eigenvalue weighted by molar-refractivity contribution is -0.0705. The van der Waals surface area contributed by atoms with E-state index in [4.69, 9.17) is 4.74 Å². The van der Waals surface area contributed by atoms with E-state index in [9.17, 15) is 13.6 Å². The fraction of sp³-hybridized carbons (Fsp3) is 0.391. The molecule has 164 valence electrons. The Hall–Kier alpha value is -2.84. The van der Waals surface area contributed by atoms with Gasteiger partial charge in [0.2, 0.25) is 0 Å². The number of fused-ring (bicyclic) bond motifs is 1. The lowest BCUT2D eigenvalue weighted by Crippen LogP contribution is -2.45. The zero-order valence-corrected chi connectivity index (χ0v) is 17.6. The predicted octanol–water partition coefficient (Wildman–Crippen LogP) is 4.04. The summed E-state index contributed by atoms with van der Waals surface area (Å²) in [6.45, 7) is 7.07. The maximum Gasteiger partial charge on any atom is 0.295 e. The quantitative estimate of drug-likeness (QED) is 0.622. The van der Waals surface area contributed by atoms with Crippen molar-refractivity contribution in [3.63, 3.8) is 0 Å². The number of alkyl halides is 2. The van der Waals surface area contributed by atoms with Crippen LogP contribution in [-0.2, 0) is 17.8 Å². The first-order chi connectivity index (χ1) is 14.9. The highest BCUT2D eigenvalue weighted by Crippen LogP contribution is 2.21. The number of amides is 1. The van der Waals surface area contributed by atoms with Gasteiger partial charge in [-0.3, -0.25) is 9.69 Å². The molecule has 0 aliphatic carbocycles. The number of rotatable bonds is 6. The van der Waals surface area contributed by atoms with E-state index >= 15 is 0 Å². The average molecular weight is 428 g/mol. The molecule has 2 N–H and O–H groups in total. The molecule has 2 aromatic carbocycles. The standard InChI is InChI=1S/C23H26F2N4O2/c1-14-11-29(12-15(2)31-14)13-18-6-4-3-5-17(18)10-26-23(30)16-7-8-19-20(9-16)28-22(27-19)21(24)25/h3-9,14-15,21H,10-13H2,1-2H3,(H,26,30)(H,27,28). The molecule has 1 aliphatic heterocycles. The van der Waals surface area contributed by atoms with Crippen LogP contribution in [0.4, 0.5) is 8.78 Å². The Morgan fingerprint density at radius 2 is 1.90 bits per heavy atom. The van der Waals surface area contributed by atoms with E-state index in [0.29, 0.717) is 23.1 Å². The van der Waals surface area contributed by atoms with Crippen molar-refractivity contribution < 1.29 is 18.3 Å². The number of carbonyl (C=O) groups is 1. The number of carbonyl (C=O) groups excluding carboxylic acids is 1. The molecule has 2 heterocycles. The SMILES string of the molecule is CC1CN(Cc2ccccc2CNC(=O)c2ccc3nc(C(F)F)[nH]c3c2)CC(C)O1. The maximum atomic E-state index is 12.8. The number of nitrogens with zero attached hydrogens (tertiary/aromatic N) is 2. The van der Waals surface area contributed by atoms with Crippen LogP contribution in [0.5, 0.6) is 0 Å². The third-order valence-electron chi connectivity index (χ3n) is 5.42. The van der Waals surface area contributed by atoms with Crippen molar-refractivity contribution in [3.8, 4) is 0 Å². The molecule has 6 nitrogen and oxygen atoms in total. The molecule has 1 aromatic heterocycles. The topological polar surface area (TPSA) is 70.2 Å². The smallest absolute Gasteiger partial charge is 0.295 e. The van der Waals surface area contributed by atoms with Crippen LogP contribution in [0.2, 0.25) is 0 Å². The second kappa shape index (κ2) is 9.11.